The molecule has 1 aliphatic rings. The van der Waals surface area contributed by atoms with Crippen molar-refractivity contribution in [1.29, 1.82) is 0 Å². The monoisotopic (exact) mass is 241 g/mol. The predicted octanol–water partition coefficient (Wildman–Crippen LogP) is 1.53. The molecule has 2 atom stereocenters. The zero-order valence-electron chi connectivity index (χ0n) is 9.66. The SMILES string of the molecule is C[C@H]1CCC[C@@](CN)(Cc2nsc(=O)[nH]2)C1. The molecule has 90 valence electrons. The average molecular weight is 241 g/mol. The second kappa shape index (κ2) is 4.67. The van der Waals surface area contributed by atoms with Crippen LogP contribution in [0.1, 0.15) is 38.4 Å². The maximum Gasteiger partial charge on any atom is 0.323 e. The van der Waals surface area contributed by atoms with Gasteiger partial charge >= 0.3 is 4.87 Å². The first-order valence-corrected chi connectivity index (χ1v) is 6.66. The van der Waals surface area contributed by atoms with Crippen LogP contribution < -0.4 is 10.6 Å². The highest BCUT2D eigenvalue weighted by molar-refractivity contribution is 7.02. The number of rotatable bonds is 3. The summed E-state index contributed by atoms with van der Waals surface area (Å²) in [4.78, 5) is 13.8. The number of nitrogens with one attached hydrogen (secondary N) is 1. The second-order valence-corrected chi connectivity index (χ2v) is 5.86. The lowest BCUT2D eigenvalue weighted by Gasteiger charge is -2.38. The maximum absolute atomic E-state index is 11.1. The standard InChI is InChI=1S/C11H19N3OS/c1-8-3-2-4-11(5-8,7-12)6-9-13-10(15)16-14-9/h8H,2-7,12H2,1H3,(H,13,14,15)/t8-,11-/m0/s1. The number of hydrogen-bond donors (Lipinski definition) is 2. The van der Waals surface area contributed by atoms with Crippen LogP contribution in [0.15, 0.2) is 4.79 Å². The van der Waals surface area contributed by atoms with Gasteiger partial charge in [-0.2, -0.15) is 4.37 Å². The zero-order valence-corrected chi connectivity index (χ0v) is 10.5. The summed E-state index contributed by atoms with van der Waals surface area (Å²) in [6, 6.07) is 0. The van der Waals surface area contributed by atoms with Gasteiger partial charge in [0.25, 0.3) is 0 Å². The van der Waals surface area contributed by atoms with Crippen molar-refractivity contribution >= 4 is 11.5 Å². The first-order valence-electron chi connectivity index (χ1n) is 5.88. The highest BCUT2D eigenvalue weighted by Crippen LogP contribution is 2.40. The van der Waals surface area contributed by atoms with Crippen LogP contribution in [0.5, 0.6) is 0 Å². The molecule has 3 N–H and O–H groups in total. The van der Waals surface area contributed by atoms with Gasteiger partial charge in [-0.05, 0) is 30.7 Å². The van der Waals surface area contributed by atoms with Crippen molar-refractivity contribution in [3.05, 3.63) is 15.5 Å². The fraction of sp³-hybridized carbons (Fsp3) is 0.818. The van der Waals surface area contributed by atoms with Crippen LogP contribution in [0.3, 0.4) is 0 Å². The summed E-state index contributed by atoms with van der Waals surface area (Å²) in [6.07, 6.45) is 5.69. The van der Waals surface area contributed by atoms with E-state index in [0.717, 1.165) is 42.5 Å². The van der Waals surface area contributed by atoms with Crippen molar-refractivity contribution < 1.29 is 0 Å². The minimum atomic E-state index is -0.0639. The third kappa shape index (κ3) is 2.52. The lowest BCUT2D eigenvalue weighted by molar-refractivity contribution is 0.151. The fourth-order valence-corrected chi connectivity index (χ4v) is 3.35. The largest absolute Gasteiger partial charge is 0.330 e. The smallest absolute Gasteiger partial charge is 0.323 e. The number of H-pyrrole nitrogens is 1. The van der Waals surface area contributed by atoms with Gasteiger partial charge < -0.3 is 5.73 Å². The molecule has 5 heteroatoms. The fourth-order valence-electron chi connectivity index (χ4n) is 2.88. The Labute approximate surface area is 99.4 Å². The van der Waals surface area contributed by atoms with Gasteiger partial charge in [0, 0.05) is 18.0 Å². The molecule has 1 aromatic rings. The van der Waals surface area contributed by atoms with Gasteiger partial charge in [-0.15, -0.1) is 0 Å². The molecular weight excluding hydrogens is 222 g/mol. The van der Waals surface area contributed by atoms with E-state index in [-0.39, 0.29) is 10.3 Å². The molecule has 16 heavy (non-hydrogen) atoms. The maximum atomic E-state index is 11.1. The van der Waals surface area contributed by atoms with Crippen LogP contribution >= 0.6 is 11.5 Å². The van der Waals surface area contributed by atoms with E-state index in [2.05, 4.69) is 16.3 Å². The summed E-state index contributed by atoms with van der Waals surface area (Å²) in [5, 5.41) is 0. The Morgan fingerprint density at radius 2 is 2.50 bits per heavy atom. The molecule has 0 aliphatic heterocycles. The van der Waals surface area contributed by atoms with Crippen LogP contribution in [0.4, 0.5) is 0 Å². The third-order valence-corrected chi connectivity index (χ3v) is 4.23. The van der Waals surface area contributed by atoms with E-state index in [0.29, 0.717) is 6.54 Å². The van der Waals surface area contributed by atoms with E-state index in [9.17, 15) is 4.79 Å². The molecule has 1 saturated carbocycles. The van der Waals surface area contributed by atoms with E-state index in [1.165, 1.54) is 12.8 Å². The Morgan fingerprint density at radius 1 is 1.69 bits per heavy atom. The van der Waals surface area contributed by atoms with E-state index >= 15 is 0 Å². The second-order valence-electron chi connectivity index (χ2n) is 5.12. The normalized spacial score (nSPS) is 30.5. The van der Waals surface area contributed by atoms with Gasteiger partial charge in [0.05, 0.1) is 0 Å². The molecular formula is C11H19N3OS. The molecule has 1 aromatic heterocycles. The quantitative estimate of drug-likeness (QED) is 0.843. The number of nitrogens with two attached hydrogens (primary N) is 1. The summed E-state index contributed by atoms with van der Waals surface area (Å²) in [5.74, 6) is 1.55. The highest BCUT2D eigenvalue weighted by atomic mass is 32.1. The molecule has 1 heterocycles. The van der Waals surface area contributed by atoms with Crippen molar-refractivity contribution in [3.8, 4) is 0 Å². The van der Waals surface area contributed by atoms with Crippen molar-refractivity contribution in [2.45, 2.75) is 39.0 Å². The number of hydrogen-bond acceptors (Lipinski definition) is 4. The molecule has 2 rings (SSSR count). The molecule has 0 aromatic carbocycles. The lowest BCUT2D eigenvalue weighted by atomic mass is 9.68. The highest BCUT2D eigenvalue weighted by Gasteiger charge is 2.34. The molecule has 4 nitrogen and oxygen atoms in total. The molecule has 0 radical (unpaired) electrons. The first kappa shape index (κ1) is 11.8. The summed E-state index contributed by atoms with van der Waals surface area (Å²) in [7, 11) is 0. The van der Waals surface area contributed by atoms with Gasteiger partial charge in [-0.1, -0.05) is 19.8 Å². The van der Waals surface area contributed by atoms with Crippen LogP contribution in [0.2, 0.25) is 0 Å². The minimum absolute atomic E-state index is 0.0639. The molecule has 0 bridgehead atoms. The van der Waals surface area contributed by atoms with Crippen molar-refractivity contribution in [3.63, 3.8) is 0 Å². The Hall–Kier alpha value is -0.680. The van der Waals surface area contributed by atoms with E-state index < -0.39 is 0 Å². The number of aromatic nitrogens is 2. The third-order valence-electron chi connectivity index (χ3n) is 3.65. The summed E-state index contributed by atoms with van der Waals surface area (Å²) in [5.41, 5.74) is 6.10. The van der Waals surface area contributed by atoms with Gasteiger partial charge in [0.2, 0.25) is 0 Å². The van der Waals surface area contributed by atoms with Crippen molar-refractivity contribution in [1.82, 2.24) is 9.36 Å². The Kier molecular flexibility index (Phi) is 3.44. The molecule has 0 unspecified atom stereocenters. The number of nitrogens with zero attached hydrogens (tertiary/aromatic N) is 1. The van der Waals surface area contributed by atoms with Crippen LogP contribution in [0, 0.1) is 11.3 Å². The van der Waals surface area contributed by atoms with Gasteiger partial charge in [-0.3, -0.25) is 9.78 Å². The Bertz CT molecular complexity index is 400. The van der Waals surface area contributed by atoms with Gasteiger partial charge in [0.15, 0.2) is 0 Å². The summed E-state index contributed by atoms with van der Waals surface area (Å²) in [6.45, 7) is 2.98. The predicted molar refractivity (Wildman–Crippen MR) is 65.6 cm³/mol. The molecule has 0 saturated heterocycles. The van der Waals surface area contributed by atoms with E-state index in [1.807, 2.05) is 0 Å². The van der Waals surface area contributed by atoms with Crippen LogP contribution in [-0.2, 0) is 6.42 Å². The van der Waals surface area contributed by atoms with Gasteiger partial charge in [0.1, 0.15) is 5.82 Å². The van der Waals surface area contributed by atoms with E-state index in [4.69, 9.17) is 5.73 Å². The summed E-state index contributed by atoms with van der Waals surface area (Å²) < 4.78 is 4.15. The van der Waals surface area contributed by atoms with Crippen LogP contribution in [0.25, 0.3) is 0 Å². The van der Waals surface area contributed by atoms with Crippen molar-refractivity contribution in [2.75, 3.05) is 6.54 Å². The molecule has 0 spiro atoms. The van der Waals surface area contributed by atoms with Crippen LogP contribution in [-0.4, -0.2) is 15.9 Å². The molecule has 1 aliphatic carbocycles. The Balaban J connectivity index is 2.12. The van der Waals surface area contributed by atoms with Crippen molar-refractivity contribution in [2.24, 2.45) is 17.1 Å². The van der Waals surface area contributed by atoms with E-state index in [1.54, 1.807) is 0 Å². The number of aromatic amines is 1. The topological polar surface area (TPSA) is 71.8 Å². The minimum Gasteiger partial charge on any atom is -0.330 e. The summed E-state index contributed by atoms with van der Waals surface area (Å²) >= 11 is 1.00. The molecule has 0 amide bonds. The van der Waals surface area contributed by atoms with Gasteiger partial charge in [-0.25, -0.2) is 0 Å². The Morgan fingerprint density at radius 3 is 3.06 bits per heavy atom. The first-order chi connectivity index (χ1) is 7.63. The molecule has 1 fully saturated rings. The average Bonchev–Trinajstić information content (AvgIpc) is 2.64. The lowest BCUT2D eigenvalue weighted by Crippen LogP contribution is -2.37. The zero-order chi connectivity index (χ0) is 11.6.